The fourth-order valence-electron chi connectivity index (χ4n) is 9.95. The van der Waals surface area contributed by atoms with Gasteiger partial charge < -0.3 is 29.7 Å². The van der Waals surface area contributed by atoms with Crippen molar-refractivity contribution in [1.29, 1.82) is 0 Å². The van der Waals surface area contributed by atoms with Crippen LogP contribution >= 0.6 is 18.7 Å². The van der Waals surface area contributed by atoms with E-state index in [9.17, 15) is 23.7 Å². The maximum Gasteiger partial charge on any atom is 0.262 e. The lowest BCUT2D eigenvalue weighted by molar-refractivity contribution is -0.136. The summed E-state index contributed by atoms with van der Waals surface area (Å²) in [5, 5.41) is 14.5. The summed E-state index contributed by atoms with van der Waals surface area (Å²) in [7, 11) is 0.782. The molecule has 17 nitrogen and oxygen atoms in total. The van der Waals surface area contributed by atoms with E-state index in [1.165, 1.54) is 6.20 Å². The molecular weight excluding hydrogens is 929 g/mol. The number of carbonyl (C=O) groups excluding carboxylic acids is 4. The van der Waals surface area contributed by atoms with Gasteiger partial charge in [0.15, 0.2) is 5.82 Å². The van der Waals surface area contributed by atoms with E-state index in [1.807, 2.05) is 86.2 Å². The lowest BCUT2D eigenvalue weighted by Gasteiger charge is -2.38. The van der Waals surface area contributed by atoms with Crippen LogP contribution in [0.3, 0.4) is 0 Å². The van der Waals surface area contributed by atoms with Gasteiger partial charge in [0.2, 0.25) is 17.8 Å². The van der Waals surface area contributed by atoms with Crippen molar-refractivity contribution in [3.8, 4) is 28.0 Å². The van der Waals surface area contributed by atoms with Crippen LogP contribution in [0.15, 0.2) is 97.5 Å². The Balaban J connectivity index is 0.816. The molecular formula is C51H53ClN11O6P. The summed E-state index contributed by atoms with van der Waals surface area (Å²) < 4.78 is 21.4. The zero-order chi connectivity index (χ0) is 48.8. The Morgan fingerprint density at radius 3 is 2.31 bits per heavy atom. The number of aromatic nitrogens is 4. The topological polar surface area (TPSA) is 187 Å². The number of methoxy groups -OCH3 is 1. The van der Waals surface area contributed by atoms with Gasteiger partial charge in [-0.3, -0.25) is 39.0 Å². The monoisotopic (exact) mass is 981 g/mol. The van der Waals surface area contributed by atoms with Gasteiger partial charge in [-0.05, 0) is 79.6 Å². The molecule has 6 aromatic rings. The summed E-state index contributed by atoms with van der Waals surface area (Å²) in [5.41, 5.74) is 7.62. The van der Waals surface area contributed by atoms with E-state index in [2.05, 4.69) is 40.7 Å². The molecule has 2 unspecified atom stereocenters. The van der Waals surface area contributed by atoms with Crippen LogP contribution in [0.25, 0.3) is 22.3 Å². The fraction of sp³-hybridized carbons (Fsp3) is 0.314. The summed E-state index contributed by atoms with van der Waals surface area (Å²) in [6.07, 6.45) is 6.55. The number of aryl methyl sites for hydroxylation is 1. The third kappa shape index (κ3) is 9.36. The summed E-state index contributed by atoms with van der Waals surface area (Å²) in [4.78, 5) is 68.5. The average molecular weight is 982 g/mol. The third-order valence-corrected chi connectivity index (χ3v) is 15.4. The number of anilines is 6. The van der Waals surface area contributed by atoms with E-state index >= 15 is 0 Å². The lowest BCUT2D eigenvalue weighted by atomic mass is 10.0. The number of nitrogens with one attached hydrogen (secondary N) is 3. The van der Waals surface area contributed by atoms with Crippen molar-refractivity contribution in [1.82, 2.24) is 34.9 Å². The largest absolute Gasteiger partial charge is 0.494 e. The quantitative estimate of drug-likeness (QED) is 0.0794. The minimum atomic E-state index is -2.75. The molecule has 10 rings (SSSR count). The molecule has 4 aromatic carbocycles. The Labute approximate surface area is 410 Å². The van der Waals surface area contributed by atoms with Gasteiger partial charge in [0.1, 0.15) is 24.0 Å². The first kappa shape index (κ1) is 46.6. The lowest BCUT2D eigenvalue weighted by Crippen LogP contribution is -2.54. The number of ether oxygens (including phenoxy) is 1. The molecule has 2 atom stereocenters. The Morgan fingerprint density at radius 2 is 1.59 bits per heavy atom. The molecule has 3 N–H and O–H groups in total. The molecule has 0 spiro atoms. The fourth-order valence-corrected chi connectivity index (χ4v) is 11.3. The zero-order valence-electron chi connectivity index (χ0n) is 39.3. The van der Waals surface area contributed by atoms with Crippen LogP contribution < -0.4 is 35.8 Å². The Morgan fingerprint density at radius 1 is 0.800 bits per heavy atom. The highest BCUT2D eigenvalue weighted by Crippen LogP contribution is 2.43. The highest BCUT2D eigenvalue weighted by molar-refractivity contribution is 7.70. The Kier molecular flexibility index (Phi) is 12.7. The maximum absolute atomic E-state index is 13.6. The number of imide groups is 2. The van der Waals surface area contributed by atoms with Gasteiger partial charge in [0.25, 0.3) is 11.8 Å². The summed E-state index contributed by atoms with van der Waals surface area (Å²) in [6, 6.07) is 24.2. The second kappa shape index (κ2) is 19.0. The van der Waals surface area contributed by atoms with Gasteiger partial charge >= 0.3 is 0 Å². The van der Waals surface area contributed by atoms with Gasteiger partial charge in [-0.1, -0.05) is 48.0 Å². The molecule has 4 amide bonds. The van der Waals surface area contributed by atoms with Gasteiger partial charge in [0.05, 0.1) is 42.0 Å². The van der Waals surface area contributed by atoms with Crippen molar-refractivity contribution in [3.05, 3.63) is 114 Å². The van der Waals surface area contributed by atoms with Crippen molar-refractivity contribution in [3.63, 3.8) is 0 Å². The minimum Gasteiger partial charge on any atom is -0.494 e. The molecule has 4 aliphatic rings. The number of halogens is 1. The first-order chi connectivity index (χ1) is 33.7. The van der Waals surface area contributed by atoms with Gasteiger partial charge in [-0.15, -0.1) is 0 Å². The number of amides is 4. The van der Waals surface area contributed by atoms with Crippen LogP contribution in [0, 0.1) is 5.92 Å². The van der Waals surface area contributed by atoms with Crippen molar-refractivity contribution in [2.24, 2.45) is 13.0 Å². The summed E-state index contributed by atoms with van der Waals surface area (Å²) >= 11 is 6.69. The molecule has 360 valence electrons. The van der Waals surface area contributed by atoms with E-state index in [0.29, 0.717) is 44.8 Å². The van der Waals surface area contributed by atoms with Crippen LogP contribution in [-0.2, 0) is 21.2 Å². The molecule has 3 saturated heterocycles. The Bertz CT molecular complexity index is 3100. The SMILES string of the molecule is COc1cc(N2CCN(CC3CCN(c4ccc5c(c4)C(=O)N(C4CCC(=O)NC4=O)C5=O)C3)CC2)c(-c2cnn(C)c2)cc1Nc1ncc(Cl)c(Nc2ccc(-c3ccccc3)cc2P(C)(C)=O)n1. The molecule has 2 aromatic heterocycles. The average Bonchev–Trinajstić information content (AvgIpc) is 4.07. The predicted octanol–water partition coefficient (Wildman–Crippen LogP) is 6.99. The van der Waals surface area contributed by atoms with E-state index in [-0.39, 0.29) is 24.4 Å². The number of carbonyl (C=O) groups is 4. The zero-order valence-corrected chi connectivity index (χ0v) is 41.0. The van der Waals surface area contributed by atoms with Crippen LogP contribution in [0.1, 0.15) is 40.0 Å². The molecule has 0 saturated carbocycles. The van der Waals surface area contributed by atoms with Crippen LogP contribution in [0.2, 0.25) is 5.02 Å². The van der Waals surface area contributed by atoms with E-state index in [1.54, 1.807) is 37.3 Å². The van der Waals surface area contributed by atoms with Crippen LogP contribution in [0.4, 0.5) is 34.5 Å². The highest BCUT2D eigenvalue weighted by atomic mass is 35.5. The number of piperidine rings is 1. The number of piperazine rings is 1. The van der Waals surface area contributed by atoms with E-state index in [4.69, 9.17) is 21.3 Å². The normalized spacial score (nSPS) is 18.6. The van der Waals surface area contributed by atoms with Gasteiger partial charge in [0, 0.05) is 99.4 Å². The number of fused-ring (bicyclic) bond motifs is 1. The Hall–Kier alpha value is -7.07. The maximum atomic E-state index is 13.6. The molecule has 0 bridgehead atoms. The van der Waals surface area contributed by atoms with Gasteiger partial charge in [-0.25, -0.2) is 4.98 Å². The number of hydrogen-bond donors (Lipinski definition) is 3. The molecule has 70 heavy (non-hydrogen) atoms. The number of hydrogen-bond acceptors (Lipinski definition) is 14. The van der Waals surface area contributed by atoms with Gasteiger partial charge in [-0.2, -0.15) is 10.1 Å². The molecule has 0 aliphatic carbocycles. The second-order valence-electron chi connectivity index (χ2n) is 18.6. The number of rotatable bonds is 13. The molecule has 6 heterocycles. The molecule has 4 aliphatic heterocycles. The van der Waals surface area contributed by atoms with Crippen LogP contribution in [-0.4, -0.2) is 125 Å². The minimum absolute atomic E-state index is 0.0774. The van der Waals surface area contributed by atoms with E-state index < -0.39 is 36.8 Å². The summed E-state index contributed by atoms with van der Waals surface area (Å²) in [6.45, 7) is 9.33. The van der Waals surface area contributed by atoms with Crippen molar-refractivity contribution < 1.29 is 28.5 Å². The number of nitrogens with zero attached hydrogens (tertiary/aromatic N) is 8. The first-order valence-corrected chi connectivity index (χ1v) is 26.3. The predicted molar refractivity (Wildman–Crippen MR) is 272 cm³/mol. The molecule has 3 fully saturated rings. The first-order valence-electron chi connectivity index (χ1n) is 23.3. The van der Waals surface area contributed by atoms with E-state index in [0.717, 1.165) is 90.8 Å². The van der Waals surface area contributed by atoms with Crippen LogP contribution in [0.5, 0.6) is 5.75 Å². The molecule has 0 radical (unpaired) electrons. The smallest absolute Gasteiger partial charge is 0.262 e. The van der Waals surface area contributed by atoms with Crippen molar-refractivity contribution >= 4 is 82.2 Å². The second-order valence-corrected chi connectivity index (χ2v) is 22.2. The number of benzene rings is 4. The summed E-state index contributed by atoms with van der Waals surface area (Å²) in [5.74, 6) is -0.383. The van der Waals surface area contributed by atoms with Crippen molar-refractivity contribution in [2.45, 2.75) is 25.3 Å². The van der Waals surface area contributed by atoms with Crippen molar-refractivity contribution in [2.75, 3.05) is 86.7 Å². The standard InChI is InChI=1S/C51H53ClN11O6P/c1-59-30-34(26-54-59)37-24-41(56-51-53-27-39(52)47(58-51)55-40-13-10-33(22-45(40)70(3,4)68)32-8-6-5-7-9-32)44(69-2)25-43(37)61-20-18-60(19-21-61)28-31-16-17-62(29-31)35-11-12-36-38(23-35)50(67)63(49(36)66)42-14-15-46(64)57-48(42)65/h5-13,22-27,30-31,42H,14-21,28-29H2,1-4H3,(H,57,64,65)(H2,53,55,56,58). The molecule has 19 heteroatoms. The highest BCUT2D eigenvalue weighted by Gasteiger charge is 2.45. The third-order valence-electron chi connectivity index (χ3n) is 13.6.